The minimum absolute atomic E-state index is 0.0529. The predicted molar refractivity (Wildman–Crippen MR) is 79.2 cm³/mol. The lowest BCUT2D eigenvalue weighted by Crippen LogP contribution is -2.44. The fourth-order valence-corrected chi connectivity index (χ4v) is 2.84. The van der Waals surface area contributed by atoms with Crippen molar-refractivity contribution in [3.63, 3.8) is 0 Å². The Morgan fingerprint density at radius 2 is 1.84 bits per heavy atom. The predicted octanol–water partition coefficient (Wildman–Crippen LogP) is 3.81. The number of carbonyl (C=O) groups excluding carboxylic acids is 1. The molecule has 1 rings (SSSR count). The average molecular weight is 269 g/mol. The number of esters is 1. The van der Waals surface area contributed by atoms with Gasteiger partial charge in [-0.1, -0.05) is 51.9 Å². The highest BCUT2D eigenvalue weighted by Crippen LogP contribution is 2.18. The van der Waals surface area contributed by atoms with E-state index >= 15 is 0 Å². The van der Waals surface area contributed by atoms with Crippen LogP contribution in [0.4, 0.5) is 0 Å². The van der Waals surface area contributed by atoms with Crippen LogP contribution in [-0.2, 0) is 9.53 Å². The Bertz CT molecular complexity index is 235. The summed E-state index contributed by atoms with van der Waals surface area (Å²) in [6.45, 7) is 4.56. The van der Waals surface area contributed by atoms with Crippen LogP contribution in [0.2, 0.25) is 0 Å². The lowest BCUT2D eigenvalue weighted by atomic mass is 10.0. The van der Waals surface area contributed by atoms with Crippen molar-refractivity contribution in [1.82, 2.24) is 5.32 Å². The molecule has 1 saturated carbocycles. The molecule has 0 amide bonds. The van der Waals surface area contributed by atoms with Gasteiger partial charge in [0.2, 0.25) is 0 Å². The zero-order chi connectivity index (χ0) is 13.9. The number of carbonyl (C=O) groups is 1. The standard InChI is InChI=1S/C16H31NO2/c1-3-5-8-13-15(16(18)19-4-2)17-14-11-9-6-7-10-12-14/h14-15,17H,3-13H2,1-2H3. The van der Waals surface area contributed by atoms with Crippen LogP contribution < -0.4 is 5.32 Å². The lowest BCUT2D eigenvalue weighted by Gasteiger charge is -2.23. The summed E-state index contributed by atoms with van der Waals surface area (Å²) in [5.41, 5.74) is 0. The summed E-state index contributed by atoms with van der Waals surface area (Å²) in [4.78, 5) is 12.0. The van der Waals surface area contributed by atoms with Gasteiger partial charge in [0, 0.05) is 6.04 Å². The van der Waals surface area contributed by atoms with Gasteiger partial charge in [-0.2, -0.15) is 0 Å². The lowest BCUT2D eigenvalue weighted by molar-refractivity contribution is -0.146. The molecule has 3 heteroatoms. The topological polar surface area (TPSA) is 38.3 Å². The number of ether oxygens (including phenoxy) is 1. The number of nitrogens with one attached hydrogen (secondary N) is 1. The van der Waals surface area contributed by atoms with Crippen molar-refractivity contribution in [2.24, 2.45) is 0 Å². The Balaban J connectivity index is 2.43. The summed E-state index contributed by atoms with van der Waals surface area (Å²) in [7, 11) is 0. The van der Waals surface area contributed by atoms with Crippen LogP contribution in [0.3, 0.4) is 0 Å². The van der Waals surface area contributed by atoms with E-state index in [0.717, 1.165) is 12.8 Å². The molecule has 0 saturated heterocycles. The van der Waals surface area contributed by atoms with E-state index in [1.807, 2.05) is 6.92 Å². The summed E-state index contributed by atoms with van der Waals surface area (Å²) in [5, 5.41) is 3.56. The van der Waals surface area contributed by atoms with Crippen LogP contribution in [0.5, 0.6) is 0 Å². The molecule has 0 aromatic rings. The molecule has 0 aliphatic heterocycles. The van der Waals surface area contributed by atoms with Crippen molar-refractivity contribution < 1.29 is 9.53 Å². The van der Waals surface area contributed by atoms with Gasteiger partial charge in [0.25, 0.3) is 0 Å². The minimum Gasteiger partial charge on any atom is -0.465 e. The molecule has 0 aromatic carbocycles. The summed E-state index contributed by atoms with van der Waals surface area (Å²) in [6, 6.07) is 0.424. The second-order valence-corrected chi connectivity index (χ2v) is 5.66. The van der Waals surface area contributed by atoms with E-state index in [4.69, 9.17) is 4.74 Å². The first kappa shape index (κ1) is 16.5. The van der Waals surface area contributed by atoms with Gasteiger partial charge >= 0.3 is 5.97 Å². The van der Waals surface area contributed by atoms with Crippen LogP contribution >= 0.6 is 0 Å². The van der Waals surface area contributed by atoms with E-state index in [1.54, 1.807) is 0 Å². The minimum atomic E-state index is -0.0883. The van der Waals surface area contributed by atoms with E-state index < -0.39 is 0 Å². The van der Waals surface area contributed by atoms with E-state index in [2.05, 4.69) is 12.2 Å². The largest absolute Gasteiger partial charge is 0.465 e. The molecular weight excluding hydrogens is 238 g/mol. The fourth-order valence-electron chi connectivity index (χ4n) is 2.84. The molecule has 1 atom stereocenters. The molecule has 0 aromatic heterocycles. The van der Waals surface area contributed by atoms with E-state index in [-0.39, 0.29) is 12.0 Å². The van der Waals surface area contributed by atoms with Gasteiger partial charge in [-0.25, -0.2) is 0 Å². The molecule has 0 spiro atoms. The third-order valence-corrected chi connectivity index (χ3v) is 3.96. The molecule has 1 aliphatic rings. The van der Waals surface area contributed by atoms with Gasteiger partial charge in [0.15, 0.2) is 0 Å². The molecule has 1 aliphatic carbocycles. The van der Waals surface area contributed by atoms with Gasteiger partial charge in [-0.05, 0) is 26.2 Å². The van der Waals surface area contributed by atoms with Gasteiger partial charge in [-0.15, -0.1) is 0 Å². The Morgan fingerprint density at radius 3 is 2.42 bits per heavy atom. The molecular formula is C16H31NO2. The summed E-state index contributed by atoms with van der Waals surface area (Å²) < 4.78 is 5.21. The second kappa shape index (κ2) is 10.2. The summed E-state index contributed by atoms with van der Waals surface area (Å²) in [5.74, 6) is -0.0529. The van der Waals surface area contributed by atoms with Crippen molar-refractivity contribution in [2.75, 3.05) is 6.61 Å². The van der Waals surface area contributed by atoms with Crippen molar-refractivity contribution in [3.05, 3.63) is 0 Å². The summed E-state index contributed by atoms with van der Waals surface area (Å²) >= 11 is 0. The Kier molecular flexibility index (Phi) is 8.89. The van der Waals surface area contributed by atoms with Gasteiger partial charge in [-0.3, -0.25) is 4.79 Å². The molecule has 1 unspecified atom stereocenters. The first-order valence-corrected chi connectivity index (χ1v) is 8.20. The van der Waals surface area contributed by atoms with Gasteiger partial charge in [0.05, 0.1) is 6.61 Å². The zero-order valence-electron chi connectivity index (χ0n) is 12.7. The SMILES string of the molecule is CCCCCC(NC1CCCCCC1)C(=O)OCC. The smallest absolute Gasteiger partial charge is 0.323 e. The fraction of sp³-hybridized carbons (Fsp3) is 0.938. The molecule has 0 radical (unpaired) electrons. The number of hydrogen-bond acceptors (Lipinski definition) is 3. The van der Waals surface area contributed by atoms with Crippen LogP contribution in [-0.4, -0.2) is 24.7 Å². The molecule has 1 N–H and O–H groups in total. The highest BCUT2D eigenvalue weighted by Gasteiger charge is 2.23. The monoisotopic (exact) mass is 269 g/mol. The molecule has 1 fully saturated rings. The maximum atomic E-state index is 12.0. The van der Waals surface area contributed by atoms with E-state index in [0.29, 0.717) is 12.6 Å². The highest BCUT2D eigenvalue weighted by molar-refractivity contribution is 5.75. The average Bonchev–Trinajstić information content (AvgIpc) is 2.66. The highest BCUT2D eigenvalue weighted by atomic mass is 16.5. The van der Waals surface area contributed by atoms with Crippen molar-refractivity contribution >= 4 is 5.97 Å². The van der Waals surface area contributed by atoms with Gasteiger partial charge in [0.1, 0.15) is 6.04 Å². The quantitative estimate of drug-likeness (QED) is 0.414. The molecule has 112 valence electrons. The first-order chi connectivity index (χ1) is 9.27. The number of hydrogen-bond donors (Lipinski definition) is 1. The molecule has 0 bridgehead atoms. The Hall–Kier alpha value is -0.570. The molecule has 3 nitrogen and oxygen atoms in total. The van der Waals surface area contributed by atoms with Crippen molar-refractivity contribution in [3.8, 4) is 0 Å². The third kappa shape index (κ3) is 6.95. The number of rotatable bonds is 8. The third-order valence-electron chi connectivity index (χ3n) is 3.96. The molecule has 0 heterocycles. The first-order valence-electron chi connectivity index (χ1n) is 8.20. The van der Waals surface area contributed by atoms with Crippen LogP contribution in [0.1, 0.15) is 78.1 Å². The maximum absolute atomic E-state index is 12.0. The Morgan fingerprint density at radius 1 is 1.16 bits per heavy atom. The van der Waals surface area contributed by atoms with Gasteiger partial charge < -0.3 is 10.1 Å². The summed E-state index contributed by atoms with van der Waals surface area (Å²) in [6.07, 6.45) is 12.1. The number of unbranched alkanes of at least 4 members (excludes halogenated alkanes) is 2. The van der Waals surface area contributed by atoms with Crippen molar-refractivity contribution in [1.29, 1.82) is 0 Å². The molecule has 19 heavy (non-hydrogen) atoms. The van der Waals surface area contributed by atoms with Crippen molar-refractivity contribution in [2.45, 2.75) is 90.1 Å². The second-order valence-electron chi connectivity index (χ2n) is 5.66. The van der Waals surface area contributed by atoms with Crippen LogP contribution in [0.25, 0.3) is 0 Å². The Labute approximate surface area is 118 Å². The zero-order valence-corrected chi connectivity index (χ0v) is 12.7. The van der Waals surface area contributed by atoms with Crippen LogP contribution in [0.15, 0.2) is 0 Å². The van der Waals surface area contributed by atoms with E-state index in [9.17, 15) is 4.79 Å². The normalized spacial score (nSPS) is 18.8. The maximum Gasteiger partial charge on any atom is 0.323 e. The van der Waals surface area contributed by atoms with Crippen LogP contribution in [0, 0.1) is 0 Å². The van der Waals surface area contributed by atoms with E-state index in [1.165, 1.54) is 51.4 Å².